The van der Waals surface area contributed by atoms with Gasteiger partial charge in [0.15, 0.2) is 0 Å². The molecule has 6 nitrogen and oxygen atoms in total. The summed E-state index contributed by atoms with van der Waals surface area (Å²) >= 11 is 0. The van der Waals surface area contributed by atoms with Crippen molar-refractivity contribution in [2.75, 3.05) is 6.61 Å². The van der Waals surface area contributed by atoms with Crippen molar-refractivity contribution in [3.05, 3.63) is 96.4 Å². The summed E-state index contributed by atoms with van der Waals surface area (Å²) in [7, 11) is 0. The zero-order chi connectivity index (χ0) is 24.8. The number of fused-ring (bicyclic) bond motifs is 2. The van der Waals surface area contributed by atoms with Crippen LogP contribution in [0.1, 0.15) is 56.2 Å². The van der Waals surface area contributed by atoms with Crippen LogP contribution >= 0.6 is 0 Å². The SMILES string of the molecule is CC.CC.O=C(NC1CCOc2cccnc21)c1ccc2cccnc2c1.Oc1ccccc1. The van der Waals surface area contributed by atoms with Gasteiger partial charge in [-0.15, -0.1) is 0 Å². The summed E-state index contributed by atoms with van der Waals surface area (Å²) in [5.74, 6) is 0.938. The molecule has 3 heterocycles. The highest BCUT2D eigenvalue weighted by Gasteiger charge is 2.24. The number of ether oxygens (including phenoxy) is 1. The zero-order valence-corrected chi connectivity index (χ0v) is 20.2. The molecule has 178 valence electrons. The summed E-state index contributed by atoms with van der Waals surface area (Å²) in [6, 6.07) is 21.7. The van der Waals surface area contributed by atoms with Gasteiger partial charge >= 0.3 is 0 Å². The van der Waals surface area contributed by atoms with Crippen molar-refractivity contribution in [2.45, 2.75) is 40.2 Å². The van der Waals surface area contributed by atoms with Crippen LogP contribution in [0.3, 0.4) is 0 Å². The highest BCUT2D eigenvalue weighted by molar-refractivity contribution is 5.98. The second-order valence-corrected chi connectivity index (χ2v) is 6.80. The molecular formula is C28H33N3O3. The molecule has 0 aliphatic carbocycles. The van der Waals surface area contributed by atoms with Crippen LogP contribution in [0.5, 0.6) is 11.5 Å². The van der Waals surface area contributed by atoms with Gasteiger partial charge in [0, 0.05) is 29.8 Å². The molecule has 2 aromatic carbocycles. The van der Waals surface area contributed by atoms with Gasteiger partial charge in [-0.2, -0.15) is 0 Å². The van der Waals surface area contributed by atoms with Gasteiger partial charge in [0.05, 0.1) is 18.2 Å². The van der Waals surface area contributed by atoms with E-state index in [2.05, 4.69) is 15.3 Å². The van der Waals surface area contributed by atoms with Gasteiger partial charge in [-0.25, -0.2) is 0 Å². The minimum absolute atomic E-state index is 0.124. The van der Waals surface area contributed by atoms with Gasteiger partial charge in [0.1, 0.15) is 17.2 Å². The van der Waals surface area contributed by atoms with Gasteiger partial charge in [-0.05, 0) is 42.5 Å². The van der Waals surface area contributed by atoms with Crippen LogP contribution in [0.25, 0.3) is 10.9 Å². The molecule has 2 N–H and O–H groups in total. The number of amides is 1. The number of rotatable bonds is 2. The van der Waals surface area contributed by atoms with Crippen molar-refractivity contribution in [3.63, 3.8) is 0 Å². The quantitative estimate of drug-likeness (QED) is 0.366. The maximum Gasteiger partial charge on any atom is 0.251 e. The van der Waals surface area contributed by atoms with Crippen molar-refractivity contribution in [1.82, 2.24) is 15.3 Å². The maximum atomic E-state index is 12.6. The summed E-state index contributed by atoms with van der Waals surface area (Å²) in [6.45, 7) is 8.57. The predicted molar refractivity (Wildman–Crippen MR) is 137 cm³/mol. The molecule has 0 radical (unpaired) electrons. The number of aromatic hydroxyl groups is 1. The summed E-state index contributed by atoms with van der Waals surface area (Å²) in [4.78, 5) is 21.2. The van der Waals surface area contributed by atoms with Crippen LogP contribution in [0.4, 0.5) is 0 Å². The third kappa shape index (κ3) is 7.30. The molecule has 34 heavy (non-hydrogen) atoms. The van der Waals surface area contributed by atoms with Crippen LogP contribution < -0.4 is 10.1 Å². The molecule has 0 fully saturated rings. The topological polar surface area (TPSA) is 84.3 Å². The number of nitrogens with zero attached hydrogens (tertiary/aromatic N) is 2. The van der Waals surface area contributed by atoms with Crippen LogP contribution in [0, 0.1) is 0 Å². The number of phenols is 1. The Bertz CT molecular complexity index is 1150. The zero-order valence-electron chi connectivity index (χ0n) is 20.2. The van der Waals surface area contributed by atoms with Gasteiger partial charge < -0.3 is 15.2 Å². The van der Waals surface area contributed by atoms with Gasteiger partial charge in [0.25, 0.3) is 5.91 Å². The Morgan fingerprint density at radius 1 is 0.912 bits per heavy atom. The Kier molecular flexibility index (Phi) is 11.0. The molecule has 4 aromatic rings. The number of hydrogen-bond donors (Lipinski definition) is 2. The summed E-state index contributed by atoms with van der Waals surface area (Å²) in [5.41, 5.74) is 2.19. The first kappa shape index (κ1) is 26.3. The molecule has 1 aliphatic rings. The minimum Gasteiger partial charge on any atom is -0.508 e. The molecule has 5 rings (SSSR count). The van der Waals surface area contributed by atoms with E-state index in [-0.39, 0.29) is 11.9 Å². The average Bonchev–Trinajstić information content (AvgIpc) is 2.92. The van der Waals surface area contributed by atoms with E-state index in [0.717, 1.165) is 22.3 Å². The number of benzene rings is 2. The van der Waals surface area contributed by atoms with Crippen LogP contribution in [-0.4, -0.2) is 27.6 Å². The predicted octanol–water partition coefficient (Wildman–Crippen LogP) is 6.33. The highest BCUT2D eigenvalue weighted by Crippen LogP contribution is 2.29. The number of aromatic nitrogens is 2. The van der Waals surface area contributed by atoms with Crippen molar-refractivity contribution in [2.24, 2.45) is 0 Å². The third-order valence-electron chi connectivity index (χ3n) is 4.72. The Hall–Kier alpha value is -3.93. The molecule has 0 bridgehead atoms. The van der Waals surface area contributed by atoms with E-state index in [9.17, 15) is 4.79 Å². The first-order valence-electron chi connectivity index (χ1n) is 11.7. The number of pyridine rings is 2. The normalized spacial score (nSPS) is 13.2. The van der Waals surface area contributed by atoms with Gasteiger partial charge in [-0.3, -0.25) is 14.8 Å². The van der Waals surface area contributed by atoms with Gasteiger partial charge in [0.2, 0.25) is 0 Å². The monoisotopic (exact) mass is 459 g/mol. The number of para-hydroxylation sites is 1. The lowest BCUT2D eigenvalue weighted by molar-refractivity contribution is 0.0923. The van der Waals surface area contributed by atoms with Crippen molar-refractivity contribution in [3.8, 4) is 11.5 Å². The Labute approximate surface area is 201 Å². The number of nitrogens with one attached hydrogen (secondary N) is 1. The summed E-state index contributed by atoms with van der Waals surface area (Å²) in [5, 5.41) is 12.7. The largest absolute Gasteiger partial charge is 0.508 e. The van der Waals surface area contributed by atoms with Crippen molar-refractivity contribution < 1.29 is 14.6 Å². The molecule has 0 saturated heterocycles. The summed E-state index contributed by atoms with van der Waals surface area (Å²) < 4.78 is 5.57. The Morgan fingerprint density at radius 2 is 1.62 bits per heavy atom. The van der Waals surface area contributed by atoms with E-state index in [0.29, 0.717) is 24.3 Å². The van der Waals surface area contributed by atoms with Crippen molar-refractivity contribution in [1.29, 1.82) is 0 Å². The van der Waals surface area contributed by atoms with Crippen LogP contribution in [-0.2, 0) is 0 Å². The number of phenolic OH excluding ortho intramolecular Hbond substituents is 1. The Morgan fingerprint density at radius 3 is 2.32 bits per heavy atom. The first-order valence-corrected chi connectivity index (χ1v) is 11.7. The van der Waals surface area contributed by atoms with Crippen LogP contribution in [0.2, 0.25) is 0 Å². The summed E-state index contributed by atoms with van der Waals surface area (Å²) in [6.07, 6.45) is 4.15. The molecule has 1 unspecified atom stereocenters. The maximum absolute atomic E-state index is 12.6. The van der Waals surface area contributed by atoms with E-state index < -0.39 is 0 Å². The lowest BCUT2D eigenvalue weighted by Crippen LogP contribution is -2.32. The number of carbonyl (C=O) groups is 1. The fraction of sp³-hybridized carbons (Fsp3) is 0.250. The van der Waals surface area contributed by atoms with E-state index in [1.165, 1.54) is 0 Å². The molecular weight excluding hydrogens is 426 g/mol. The second kappa shape index (κ2) is 14.3. The average molecular weight is 460 g/mol. The molecule has 1 atom stereocenters. The molecule has 1 amide bonds. The smallest absolute Gasteiger partial charge is 0.251 e. The molecule has 0 saturated carbocycles. The van der Waals surface area contributed by atoms with E-state index >= 15 is 0 Å². The van der Waals surface area contributed by atoms with E-state index in [1.807, 2.05) is 76.2 Å². The fourth-order valence-electron chi connectivity index (χ4n) is 3.23. The second-order valence-electron chi connectivity index (χ2n) is 6.80. The van der Waals surface area contributed by atoms with Gasteiger partial charge in [-0.1, -0.05) is 58.0 Å². The standard InChI is InChI=1S/C18H15N3O2.C6H6O.2C2H6/c22-18(13-6-5-12-3-1-8-19-15(12)11-13)21-14-7-10-23-16-4-2-9-20-17(14)16;7-6-4-2-1-3-5-6;2*1-2/h1-6,8-9,11,14H,7,10H2,(H,21,22);1-5,7H;2*1-2H3. The lowest BCUT2D eigenvalue weighted by Gasteiger charge is -2.25. The van der Waals surface area contributed by atoms with E-state index in [1.54, 1.807) is 36.7 Å². The molecule has 0 spiro atoms. The number of carbonyl (C=O) groups excluding carboxylic acids is 1. The highest BCUT2D eigenvalue weighted by atomic mass is 16.5. The molecule has 1 aliphatic heterocycles. The van der Waals surface area contributed by atoms with Crippen LogP contribution in [0.15, 0.2) is 85.2 Å². The molecule has 2 aromatic heterocycles. The molecule has 6 heteroatoms. The fourth-order valence-corrected chi connectivity index (χ4v) is 3.23. The first-order chi connectivity index (χ1) is 16.7. The third-order valence-corrected chi connectivity index (χ3v) is 4.72. The lowest BCUT2D eigenvalue weighted by atomic mass is 10.1. The van der Waals surface area contributed by atoms with E-state index in [4.69, 9.17) is 9.84 Å². The van der Waals surface area contributed by atoms with Crippen molar-refractivity contribution >= 4 is 16.8 Å². The number of hydrogen-bond acceptors (Lipinski definition) is 5. The Balaban J connectivity index is 0.000000313. The minimum atomic E-state index is -0.133.